The lowest BCUT2D eigenvalue weighted by atomic mass is 10.1. The number of hydrogen-bond acceptors (Lipinski definition) is 6. The van der Waals surface area contributed by atoms with Crippen molar-refractivity contribution in [3.05, 3.63) is 52.5 Å². The maximum Gasteiger partial charge on any atom is 0.325 e. The van der Waals surface area contributed by atoms with Crippen LogP contribution in [-0.4, -0.2) is 38.7 Å². The predicted octanol–water partition coefficient (Wildman–Crippen LogP) is 4.61. The SMILES string of the molecule is CC(C)Oc1ccc(-c2nc(-c3ccc(CNCCCP(=O)(O)O)cc3)no2)cc1Br. The van der Waals surface area contributed by atoms with Gasteiger partial charge >= 0.3 is 7.60 Å². The van der Waals surface area contributed by atoms with Gasteiger partial charge in [-0.05, 0) is 66.5 Å². The van der Waals surface area contributed by atoms with Crippen molar-refractivity contribution in [2.75, 3.05) is 12.7 Å². The van der Waals surface area contributed by atoms with Crippen LogP contribution in [0.25, 0.3) is 22.8 Å². The maximum atomic E-state index is 10.8. The maximum absolute atomic E-state index is 10.8. The minimum absolute atomic E-state index is 0.0787. The van der Waals surface area contributed by atoms with Gasteiger partial charge in [-0.2, -0.15) is 4.98 Å². The highest BCUT2D eigenvalue weighted by atomic mass is 79.9. The molecule has 0 aliphatic heterocycles. The van der Waals surface area contributed by atoms with Gasteiger partial charge in [-0.1, -0.05) is 29.4 Å². The molecule has 31 heavy (non-hydrogen) atoms. The van der Waals surface area contributed by atoms with E-state index in [0.717, 1.165) is 26.9 Å². The summed E-state index contributed by atoms with van der Waals surface area (Å²) >= 11 is 3.51. The average molecular weight is 510 g/mol. The summed E-state index contributed by atoms with van der Waals surface area (Å²) in [6.45, 7) is 5.09. The average Bonchev–Trinajstić information content (AvgIpc) is 3.19. The summed E-state index contributed by atoms with van der Waals surface area (Å²) in [7, 11) is -3.92. The molecule has 166 valence electrons. The monoisotopic (exact) mass is 509 g/mol. The number of nitrogens with one attached hydrogen (secondary N) is 1. The first-order chi connectivity index (χ1) is 14.7. The molecule has 3 N–H and O–H groups in total. The second-order valence-electron chi connectivity index (χ2n) is 7.35. The lowest BCUT2D eigenvalue weighted by Crippen LogP contribution is -2.15. The number of rotatable bonds is 10. The second-order valence-corrected chi connectivity index (χ2v) is 9.98. The molecular formula is C21H25BrN3O5P. The smallest absolute Gasteiger partial charge is 0.325 e. The van der Waals surface area contributed by atoms with E-state index in [2.05, 4.69) is 31.4 Å². The highest BCUT2D eigenvalue weighted by Gasteiger charge is 2.14. The fraction of sp³-hybridized carbons (Fsp3) is 0.333. The molecule has 0 saturated carbocycles. The zero-order valence-electron chi connectivity index (χ0n) is 17.3. The van der Waals surface area contributed by atoms with Crippen LogP contribution >= 0.6 is 23.5 Å². The first-order valence-corrected chi connectivity index (χ1v) is 12.5. The molecule has 0 aliphatic carbocycles. The van der Waals surface area contributed by atoms with E-state index in [0.29, 0.717) is 31.2 Å². The van der Waals surface area contributed by atoms with Crippen molar-refractivity contribution < 1.29 is 23.6 Å². The van der Waals surface area contributed by atoms with E-state index in [9.17, 15) is 4.57 Å². The van der Waals surface area contributed by atoms with E-state index in [1.165, 1.54) is 0 Å². The summed E-state index contributed by atoms with van der Waals surface area (Å²) in [5.74, 6) is 1.67. The Morgan fingerprint density at radius 3 is 2.52 bits per heavy atom. The largest absolute Gasteiger partial charge is 0.490 e. The number of nitrogens with zero attached hydrogens (tertiary/aromatic N) is 2. The Kier molecular flexibility index (Phi) is 8.02. The Morgan fingerprint density at radius 1 is 1.16 bits per heavy atom. The van der Waals surface area contributed by atoms with Crippen LogP contribution in [0, 0.1) is 0 Å². The lowest BCUT2D eigenvalue weighted by molar-refractivity contribution is 0.241. The first kappa shape index (κ1) is 23.6. The molecule has 2 aromatic carbocycles. The minimum atomic E-state index is -3.92. The third kappa shape index (κ3) is 7.26. The van der Waals surface area contributed by atoms with Gasteiger partial charge in [0.25, 0.3) is 5.89 Å². The van der Waals surface area contributed by atoms with Gasteiger partial charge in [0, 0.05) is 17.7 Å². The number of benzene rings is 2. The number of aromatic nitrogens is 2. The van der Waals surface area contributed by atoms with Crippen LogP contribution in [0.4, 0.5) is 0 Å². The van der Waals surface area contributed by atoms with Crippen LogP contribution in [0.15, 0.2) is 51.5 Å². The van der Waals surface area contributed by atoms with E-state index in [4.69, 9.17) is 19.0 Å². The van der Waals surface area contributed by atoms with Crippen LogP contribution in [0.2, 0.25) is 0 Å². The summed E-state index contributed by atoms with van der Waals surface area (Å²) in [5.41, 5.74) is 2.67. The van der Waals surface area contributed by atoms with Gasteiger partial charge in [0.1, 0.15) is 5.75 Å². The Hall–Kier alpha value is -2.03. The fourth-order valence-electron chi connectivity index (χ4n) is 2.86. The van der Waals surface area contributed by atoms with Gasteiger partial charge in [0.2, 0.25) is 5.82 Å². The number of halogens is 1. The first-order valence-electron chi connectivity index (χ1n) is 9.86. The molecule has 0 fully saturated rings. The van der Waals surface area contributed by atoms with E-state index in [1.807, 2.05) is 56.3 Å². The van der Waals surface area contributed by atoms with Gasteiger partial charge in [0.05, 0.1) is 16.7 Å². The van der Waals surface area contributed by atoms with E-state index in [1.54, 1.807) is 0 Å². The second kappa shape index (κ2) is 10.5. The highest BCUT2D eigenvalue weighted by molar-refractivity contribution is 9.10. The molecule has 3 aromatic rings. The molecule has 0 atom stereocenters. The molecule has 8 nitrogen and oxygen atoms in total. The van der Waals surface area contributed by atoms with Gasteiger partial charge in [0.15, 0.2) is 0 Å². The van der Waals surface area contributed by atoms with Gasteiger partial charge < -0.3 is 24.4 Å². The van der Waals surface area contributed by atoms with Crippen LogP contribution in [0.5, 0.6) is 5.75 Å². The van der Waals surface area contributed by atoms with Crippen LogP contribution in [0.3, 0.4) is 0 Å². The van der Waals surface area contributed by atoms with Crippen molar-refractivity contribution in [1.82, 2.24) is 15.5 Å². The summed E-state index contributed by atoms with van der Waals surface area (Å²) in [6, 6.07) is 13.4. The molecular weight excluding hydrogens is 485 g/mol. The molecule has 10 heteroatoms. The van der Waals surface area contributed by atoms with Crippen molar-refractivity contribution >= 4 is 23.5 Å². The normalized spacial score (nSPS) is 11.8. The Balaban J connectivity index is 1.60. The van der Waals surface area contributed by atoms with Crippen molar-refractivity contribution in [2.45, 2.75) is 32.9 Å². The number of ether oxygens (including phenoxy) is 1. The zero-order chi connectivity index (χ0) is 22.4. The van der Waals surface area contributed by atoms with Crippen molar-refractivity contribution in [3.8, 4) is 28.6 Å². The van der Waals surface area contributed by atoms with E-state index in [-0.39, 0.29) is 12.3 Å². The summed E-state index contributed by atoms with van der Waals surface area (Å²) in [5, 5.41) is 7.25. The van der Waals surface area contributed by atoms with Crippen molar-refractivity contribution in [1.29, 1.82) is 0 Å². The quantitative estimate of drug-likeness (QED) is 0.268. The summed E-state index contributed by atoms with van der Waals surface area (Å²) in [4.78, 5) is 22.2. The van der Waals surface area contributed by atoms with Crippen LogP contribution < -0.4 is 10.1 Å². The Morgan fingerprint density at radius 2 is 1.87 bits per heavy atom. The third-order valence-electron chi connectivity index (χ3n) is 4.31. The van der Waals surface area contributed by atoms with Crippen molar-refractivity contribution in [3.63, 3.8) is 0 Å². The standard InChI is InChI=1S/C21H25BrN3O5P/c1-14(2)29-19-9-8-17(12-18(19)22)21-24-20(25-30-21)16-6-4-15(5-7-16)13-23-10-3-11-31(26,27)28/h4-9,12,14,23H,3,10-11,13H2,1-2H3,(H2,26,27,28). The minimum Gasteiger partial charge on any atom is -0.490 e. The number of hydrogen-bond donors (Lipinski definition) is 3. The predicted molar refractivity (Wildman–Crippen MR) is 122 cm³/mol. The molecule has 0 unspecified atom stereocenters. The Bertz CT molecular complexity index is 1050. The van der Waals surface area contributed by atoms with Crippen LogP contribution in [-0.2, 0) is 11.1 Å². The van der Waals surface area contributed by atoms with Gasteiger partial charge in [-0.3, -0.25) is 4.57 Å². The molecule has 3 rings (SSSR count). The molecule has 1 heterocycles. The topological polar surface area (TPSA) is 118 Å². The van der Waals surface area contributed by atoms with Gasteiger partial charge in [-0.25, -0.2) is 0 Å². The zero-order valence-corrected chi connectivity index (χ0v) is 19.8. The van der Waals surface area contributed by atoms with Gasteiger partial charge in [-0.15, -0.1) is 0 Å². The van der Waals surface area contributed by atoms with E-state index >= 15 is 0 Å². The van der Waals surface area contributed by atoms with Crippen LogP contribution in [0.1, 0.15) is 25.8 Å². The van der Waals surface area contributed by atoms with E-state index < -0.39 is 7.60 Å². The summed E-state index contributed by atoms with van der Waals surface area (Å²) in [6.07, 6.45) is 0.396. The molecule has 0 saturated heterocycles. The molecule has 0 spiro atoms. The lowest BCUT2D eigenvalue weighted by Gasteiger charge is -2.11. The third-order valence-corrected chi connectivity index (χ3v) is 5.83. The Labute approximate surface area is 189 Å². The molecule has 0 bridgehead atoms. The summed E-state index contributed by atoms with van der Waals surface area (Å²) < 4.78 is 22.8. The molecule has 1 aromatic heterocycles. The molecule has 0 aliphatic rings. The molecule has 0 radical (unpaired) electrons. The fourth-order valence-corrected chi connectivity index (χ4v) is 3.90. The highest BCUT2D eigenvalue weighted by Crippen LogP contribution is 2.34. The van der Waals surface area contributed by atoms with Crippen molar-refractivity contribution in [2.24, 2.45) is 0 Å². The molecule has 0 amide bonds.